The molecule has 1 aromatic rings. The number of carbonyl (C=O) groups excluding carboxylic acids is 1. The van der Waals surface area contributed by atoms with Crippen molar-refractivity contribution in [3.63, 3.8) is 0 Å². The summed E-state index contributed by atoms with van der Waals surface area (Å²) in [5.74, 6) is 5.36. The molecule has 2 N–H and O–H groups in total. The molecule has 0 fully saturated rings. The first kappa shape index (κ1) is 12.3. The highest BCUT2D eigenvalue weighted by molar-refractivity contribution is 5.90. The highest BCUT2D eigenvalue weighted by atomic mass is 16.2. The van der Waals surface area contributed by atoms with E-state index in [2.05, 4.69) is 17.2 Å². The number of rotatable bonds is 3. The predicted octanol–water partition coefficient (Wildman–Crippen LogP) is 1.77. The fourth-order valence-electron chi connectivity index (χ4n) is 1.27. The van der Waals surface area contributed by atoms with Crippen LogP contribution >= 0.6 is 0 Å². The van der Waals surface area contributed by atoms with Crippen LogP contribution in [0.2, 0.25) is 0 Å². The fraction of sp³-hybridized carbons (Fsp3) is 0.308. The predicted molar refractivity (Wildman–Crippen MR) is 63.9 cm³/mol. The molecule has 84 valence electrons. The summed E-state index contributed by atoms with van der Waals surface area (Å²) in [6.07, 6.45) is 1.35. The van der Waals surface area contributed by atoms with E-state index in [0.717, 1.165) is 17.7 Å². The van der Waals surface area contributed by atoms with E-state index in [1.54, 1.807) is 6.07 Å². The van der Waals surface area contributed by atoms with Gasteiger partial charge in [0.25, 0.3) is 0 Å². The Kier molecular flexibility index (Phi) is 5.10. The van der Waals surface area contributed by atoms with Gasteiger partial charge >= 0.3 is 0 Å². The van der Waals surface area contributed by atoms with Crippen LogP contribution < -0.4 is 5.32 Å². The molecule has 0 unspecified atom stereocenters. The third-order valence-corrected chi connectivity index (χ3v) is 1.94. The van der Waals surface area contributed by atoms with Crippen molar-refractivity contribution in [2.45, 2.75) is 19.8 Å². The molecule has 1 aromatic carbocycles. The minimum atomic E-state index is -0.160. The normalized spacial score (nSPS) is 9.12. The lowest BCUT2D eigenvalue weighted by molar-refractivity contribution is -0.116. The molecule has 1 amide bonds. The van der Waals surface area contributed by atoms with Gasteiger partial charge in [-0.15, -0.1) is 0 Å². The molecule has 0 aliphatic rings. The van der Waals surface area contributed by atoms with E-state index in [1.807, 2.05) is 25.1 Å². The Hall–Kier alpha value is -1.79. The minimum absolute atomic E-state index is 0.00904. The zero-order valence-corrected chi connectivity index (χ0v) is 9.29. The van der Waals surface area contributed by atoms with Crippen LogP contribution in [0.25, 0.3) is 0 Å². The van der Waals surface area contributed by atoms with Gasteiger partial charge in [-0.1, -0.05) is 24.8 Å². The summed E-state index contributed by atoms with van der Waals surface area (Å²) < 4.78 is 0. The van der Waals surface area contributed by atoms with Gasteiger partial charge in [0.15, 0.2) is 0 Å². The van der Waals surface area contributed by atoms with Gasteiger partial charge in [0.05, 0.1) is 0 Å². The number of hydrogen-bond acceptors (Lipinski definition) is 2. The van der Waals surface area contributed by atoms with Gasteiger partial charge in [0.1, 0.15) is 6.61 Å². The van der Waals surface area contributed by atoms with Crippen molar-refractivity contribution in [2.24, 2.45) is 0 Å². The van der Waals surface area contributed by atoms with Crippen molar-refractivity contribution >= 4 is 11.6 Å². The molecule has 16 heavy (non-hydrogen) atoms. The molecule has 0 saturated carbocycles. The van der Waals surface area contributed by atoms with Gasteiger partial charge in [-0.2, -0.15) is 0 Å². The van der Waals surface area contributed by atoms with E-state index in [-0.39, 0.29) is 12.5 Å². The number of carbonyl (C=O) groups is 1. The Balaban J connectivity index is 2.71. The molecule has 0 saturated heterocycles. The van der Waals surface area contributed by atoms with Crippen LogP contribution in [0.4, 0.5) is 5.69 Å². The van der Waals surface area contributed by atoms with Gasteiger partial charge in [0, 0.05) is 17.7 Å². The van der Waals surface area contributed by atoms with Crippen LogP contribution in [0.5, 0.6) is 0 Å². The lowest BCUT2D eigenvalue weighted by atomic mass is 10.2. The third kappa shape index (κ3) is 4.16. The maximum absolute atomic E-state index is 11.4. The second-order valence-electron chi connectivity index (χ2n) is 3.34. The van der Waals surface area contributed by atoms with Gasteiger partial charge in [-0.25, -0.2) is 0 Å². The fourth-order valence-corrected chi connectivity index (χ4v) is 1.27. The molecule has 0 aromatic heterocycles. The molecule has 0 bridgehead atoms. The van der Waals surface area contributed by atoms with Crippen LogP contribution in [-0.2, 0) is 4.79 Å². The number of hydrogen-bond donors (Lipinski definition) is 2. The number of benzene rings is 1. The molecule has 3 heteroatoms. The maximum atomic E-state index is 11.4. The van der Waals surface area contributed by atoms with Crippen LogP contribution in [0.15, 0.2) is 24.3 Å². The second kappa shape index (κ2) is 6.65. The molecule has 1 rings (SSSR count). The van der Waals surface area contributed by atoms with Crippen LogP contribution in [0, 0.1) is 11.8 Å². The standard InChI is InChI=1S/C13H15NO2/c1-2-5-13(16)14-12-8-3-6-11(10-12)7-4-9-15/h3,6,8,10,15H,2,5,9H2,1H3,(H,14,16). The quantitative estimate of drug-likeness (QED) is 0.758. The van der Waals surface area contributed by atoms with Gasteiger partial charge in [-0.3, -0.25) is 4.79 Å². The van der Waals surface area contributed by atoms with Gasteiger partial charge < -0.3 is 10.4 Å². The Morgan fingerprint density at radius 1 is 1.50 bits per heavy atom. The van der Waals surface area contributed by atoms with E-state index >= 15 is 0 Å². The Morgan fingerprint density at radius 3 is 3.00 bits per heavy atom. The average Bonchev–Trinajstić information content (AvgIpc) is 2.27. The second-order valence-corrected chi connectivity index (χ2v) is 3.34. The molecule has 3 nitrogen and oxygen atoms in total. The highest BCUT2D eigenvalue weighted by Gasteiger charge is 2.00. The zero-order chi connectivity index (χ0) is 11.8. The van der Waals surface area contributed by atoms with E-state index in [9.17, 15) is 4.79 Å². The van der Waals surface area contributed by atoms with E-state index in [1.165, 1.54) is 0 Å². The Labute approximate surface area is 95.5 Å². The summed E-state index contributed by atoms with van der Waals surface area (Å²) in [6, 6.07) is 7.26. The van der Waals surface area contributed by atoms with Gasteiger partial charge in [-0.05, 0) is 24.6 Å². The molecular formula is C13H15NO2. The first-order valence-corrected chi connectivity index (χ1v) is 5.26. The molecule has 0 radical (unpaired) electrons. The lowest BCUT2D eigenvalue weighted by Gasteiger charge is -2.04. The topological polar surface area (TPSA) is 49.3 Å². The van der Waals surface area contributed by atoms with Crippen molar-refractivity contribution in [1.29, 1.82) is 0 Å². The highest BCUT2D eigenvalue weighted by Crippen LogP contribution is 2.10. The Bertz CT molecular complexity index is 415. The number of aliphatic hydroxyl groups excluding tert-OH is 1. The van der Waals surface area contributed by atoms with Crippen molar-refractivity contribution in [1.82, 2.24) is 0 Å². The van der Waals surface area contributed by atoms with Crippen molar-refractivity contribution in [3.8, 4) is 11.8 Å². The molecule has 0 aliphatic carbocycles. The summed E-state index contributed by atoms with van der Waals surface area (Å²) in [7, 11) is 0. The maximum Gasteiger partial charge on any atom is 0.224 e. The molecular weight excluding hydrogens is 202 g/mol. The smallest absolute Gasteiger partial charge is 0.224 e. The summed E-state index contributed by atoms with van der Waals surface area (Å²) in [4.78, 5) is 11.4. The zero-order valence-electron chi connectivity index (χ0n) is 9.29. The molecule has 0 spiro atoms. The summed E-state index contributed by atoms with van der Waals surface area (Å²) in [5.41, 5.74) is 1.52. The van der Waals surface area contributed by atoms with Crippen LogP contribution in [0.3, 0.4) is 0 Å². The number of anilines is 1. The van der Waals surface area contributed by atoms with Crippen molar-refractivity contribution in [2.75, 3.05) is 11.9 Å². The first-order chi connectivity index (χ1) is 7.76. The number of amides is 1. The summed E-state index contributed by atoms with van der Waals surface area (Å²) in [5, 5.41) is 11.4. The molecule has 0 atom stereocenters. The Morgan fingerprint density at radius 2 is 2.31 bits per heavy atom. The molecule has 0 aliphatic heterocycles. The van der Waals surface area contributed by atoms with Crippen molar-refractivity contribution < 1.29 is 9.90 Å². The van der Waals surface area contributed by atoms with Crippen LogP contribution in [0.1, 0.15) is 25.3 Å². The SMILES string of the molecule is CCCC(=O)Nc1cccc(C#CCO)c1. The lowest BCUT2D eigenvalue weighted by Crippen LogP contribution is -2.10. The van der Waals surface area contributed by atoms with E-state index < -0.39 is 0 Å². The van der Waals surface area contributed by atoms with E-state index in [0.29, 0.717) is 6.42 Å². The third-order valence-electron chi connectivity index (χ3n) is 1.94. The average molecular weight is 217 g/mol. The summed E-state index contributed by atoms with van der Waals surface area (Å²) in [6.45, 7) is 1.80. The van der Waals surface area contributed by atoms with Crippen molar-refractivity contribution in [3.05, 3.63) is 29.8 Å². The van der Waals surface area contributed by atoms with E-state index in [4.69, 9.17) is 5.11 Å². The van der Waals surface area contributed by atoms with Gasteiger partial charge in [0.2, 0.25) is 5.91 Å². The number of aliphatic hydroxyl groups is 1. The number of nitrogens with one attached hydrogen (secondary N) is 1. The molecule has 0 heterocycles. The largest absolute Gasteiger partial charge is 0.384 e. The monoisotopic (exact) mass is 217 g/mol. The first-order valence-electron chi connectivity index (χ1n) is 5.26. The van der Waals surface area contributed by atoms with Crippen LogP contribution in [-0.4, -0.2) is 17.6 Å². The summed E-state index contributed by atoms with van der Waals surface area (Å²) >= 11 is 0. The minimum Gasteiger partial charge on any atom is -0.384 e.